The average Bonchev–Trinajstić information content (AvgIpc) is 2.29. The third-order valence-corrected chi connectivity index (χ3v) is 2.77. The Labute approximate surface area is 92.5 Å². The Hall–Kier alpha value is -0.930. The summed E-state index contributed by atoms with van der Waals surface area (Å²) in [5, 5.41) is 3.16. The van der Waals surface area contributed by atoms with E-state index in [0.717, 1.165) is 13.1 Å². The van der Waals surface area contributed by atoms with Gasteiger partial charge in [-0.1, -0.05) is 6.07 Å². The maximum Gasteiger partial charge on any atom is 0.0332 e. The first-order chi connectivity index (χ1) is 7.25. The van der Waals surface area contributed by atoms with E-state index >= 15 is 0 Å². The minimum Gasteiger partial charge on any atom is -0.320 e. The van der Waals surface area contributed by atoms with Crippen LogP contribution in [0.4, 0.5) is 0 Å². The summed E-state index contributed by atoms with van der Waals surface area (Å²) < 4.78 is 0. The van der Waals surface area contributed by atoms with Gasteiger partial charge in [-0.15, -0.1) is 0 Å². The van der Waals surface area contributed by atoms with E-state index in [1.807, 2.05) is 25.5 Å². The number of pyridine rings is 1. The predicted octanol–water partition coefficient (Wildman–Crippen LogP) is 1.68. The van der Waals surface area contributed by atoms with E-state index < -0.39 is 0 Å². The Morgan fingerprint density at radius 1 is 1.53 bits per heavy atom. The molecule has 1 unspecified atom stereocenters. The maximum atomic E-state index is 4.15. The van der Waals surface area contributed by atoms with Gasteiger partial charge < -0.3 is 5.32 Å². The topological polar surface area (TPSA) is 28.2 Å². The highest BCUT2D eigenvalue weighted by atomic mass is 15.1. The van der Waals surface area contributed by atoms with Crippen molar-refractivity contribution in [3.63, 3.8) is 0 Å². The van der Waals surface area contributed by atoms with Crippen molar-refractivity contribution in [3.05, 3.63) is 30.1 Å². The molecule has 0 radical (unpaired) electrons. The molecule has 0 fully saturated rings. The van der Waals surface area contributed by atoms with Gasteiger partial charge in [0.1, 0.15) is 0 Å². The van der Waals surface area contributed by atoms with E-state index in [1.165, 1.54) is 12.0 Å². The van der Waals surface area contributed by atoms with Crippen LogP contribution in [-0.4, -0.2) is 37.1 Å². The smallest absolute Gasteiger partial charge is 0.0332 e. The molecule has 3 nitrogen and oxygen atoms in total. The highest BCUT2D eigenvalue weighted by Crippen LogP contribution is 2.16. The minimum absolute atomic E-state index is 0.440. The van der Waals surface area contributed by atoms with Crippen molar-refractivity contribution < 1.29 is 0 Å². The van der Waals surface area contributed by atoms with Crippen LogP contribution in [0.3, 0.4) is 0 Å². The SMILES string of the molecule is CNCCCN(C)C(C)c1cccnc1. The molecule has 0 aliphatic carbocycles. The van der Waals surface area contributed by atoms with Crippen molar-refractivity contribution in [2.45, 2.75) is 19.4 Å². The van der Waals surface area contributed by atoms with Gasteiger partial charge >= 0.3 is 0 Å². The fraction of sp³-hybridized carbons (Fsp3) is 0.583. The van der Waals surface area contributed by atoms with Crippen molar-refractivity contribution in [1.29, 1.82) is 0 Å². The van der Waals surface area contributed by atoms with E-state index in [2.05, 4.69) is 35.2 Å². The number of aromatic nitrogens is 1. The number of rotatable bonds is 6. The van der Waals surface area contributed by atoms with Gasteiger partial charge in [-0.2, -0.15) is 0 Å². The van der Waals surface area contributed by atoms with Crippen LogP contribution in [0.15, 0.2) is 24.5 Å². The monoisotopic (exact) mass is 207 g/mol. The van der Waals surface area contributed by atoms with Gasteiger partial charge in [0, 0.05) is 18.4 Å². The molecule has 1 atom stereocenters. The molecule has 15 heavy (non-hydrogen) atoms. The van der Waals surface area contributed by atoms with Gasteiger partial charge in [0.05, 0.1) is 0 Å². The summed E-state index contributed by atoms with van der Waals surface area (Å²) in [6, 6.07) is 4.56. The Bertz CT molecular complexity index is 261. The number of nitrogens with one attached hydrogen (secondary N) is 1. The third-order valence-electron chi connectivity index (χ3n) is 2.77. The highest BCUT2D eigenvalue weighted by Gasteiger charge is 2.10. The number of nitrogens with zero attached hydrogens (tertiary/aromatic N) is 2. The lowest BCUT2D eigenvalue weighted by molar-refractivity contribution is 0.257. The largest absolute Gasteiger partial charge is 0.320 e. The predicted molar refractivity (Wildman–Crippen MR) is 63.8 cm³/mol. The van der Waals surface area contributed by atoms with Gasteiger partial charge in [0.2, 0.25) is 0 Å². The maximum absolute atomic E-state index is 4.15. The van der Waals surface area contributed by atoms with Crippen LogP contribution in [-0.2, 0) is 0 Å². The van der Waals surface area contributed by atoms with Crippen molar-refractivity contribution >= 4 is 0 Å². The molecule has 0 amide bonds. The normalized spacial score (nSPS) is 13.1. The average molecular weight is 207 g/mol. The number of hydrogen-bond donors (Lipinski definition) is 1. The van der Waals surface area contributed by atoms with Crippen molar-refractivity contribution in [2.24, 2.45) is 0 Å². The molecule has 0 aromatic carbocycles. The van der Waals surface area contributed by atoms with Crippen LogP contribution in [0.2, 0.25) is 0 Å². The lowest BCUT2D eigenvalue weighted by Crippen LogP contribution is -2.25. The summed E-state index contributed by atoms with van der Waals surface area (Å²) in [6.07, 6.45) is 4.94. The van der Waals surface area contributed by atoms with Gasteiger partial charge in [-0.3, -0.25) is 9.88 Å². The molecule has 1 aromatic rings. The summed E-state index contributed by atoms with van der Waals surface area (Å²) in [6.45, 7) is 4.40. The highest BCUT2D eigenvalue weighted by molar-refractivity contribution is 5.12. The number of hydrogen-bond acceptors (Lipinski definition) is 3. The molecule has 0 bridgehead atoms. The van der Waals surface area contributed by atoms with E-state index in [1.54, 1.807) is 0 Å². The molecular weight excluding hydrogens is 186 g/mol. The first-order valence-corrected chi connectivity index (χ1v) is 5.50. The molecule has 0 saturated heterocycles. The zero-order valence-corrected chi connectivity index (χ0v) is 9.90. The molecule has 1 aromatic heterocycles. The van der Waals surface area contributed by atoms with Gasteiger partial charge in [-0.25, -0.2) is 0 Å². The third kappa shape index (κ3) is 3.98. The molecule has 84 valence electrons. The van der Waals surface area contributed by atoms with E-state index in [-0.39, 0.29) is 0 Å². The fourth-order valence-electron chi connectivity index (χ4n) is 1.58. The zero-order chi connectivity index (χ0) is 11.1. The first-order valence-electron chi connectivity index (χ1n) is 5.50. The Morgan fingerprint density at radius 3 is 2.93 bits per heavy atom. The molecule has 0 saturated carbocycles. The standard InChI is InChI=1S/C12H21N3/c1-11(12-6-4-8-14-10-12)15(3)9-5-7-13-2/h4,6,8,10-11,13H,5,7,9H2,1-3H3. The Kier molecular flexibility index (Phi) is 5.29. The Morgan fingerprint density at radius 2 is 2.33 bits per heavy atom. The van der Waals surface area contributed by atoms with Crippen LogP contribution in [0.5, 0.6) is 0 Å². The first kappa shape index (κ1) is 12.1. The van der Waals surface area contributed by atoms with Crippen molar-refractivity contribution in [1.82, 2.24) is 15.2 Å². The summed E-state index contributed by atoms with van der Waals surface area (Å²) in [5.74, 6) is 0. The molecule has 0 aliphatic heterocycles. The molecule has 0 spiro atoms. The Balaban J connectivity index is 2.42. The van der Waals surface area contributed by atoms with Crippen LogP contribution >= 0.6 is 0 Å². The molecule has 1 N–H and O–H groups in total. The summed E-state index contributed by atoms with van der Waals surface area (Å²) in [7, 11) is 4.15. The second kappa shape index (κ2) is 6.53. The fourth-order valence-corrected chi connectivity index (χ4v) is 1.58. The molecular formula is C12H21N3. The summed E-state index contributed by atoms with van der Waals surface area (Å²) >= 11 is 0. The van der Waals surface area contributed by atoms with Gasteiger partial charge in [0.15, 0.2) is 0 Å². The summed E-state index contributed by atoms with van der Waals surface area (Å²) in [5.41, 5.74) is 1.28. The van der Waals surface area contributed by atoms with Crippen LogP contribution in [0.25, 0.3) is 0 Å². The molecule has 0 aliphatic rings. The van der Waals surface area contributed by atoms with Crippen molar-refractivity contribution in [3.8, 4) is 0 Å². The quantitative estimate of drug-likeness (QED) is 0.719. The molecule has 1 heterocycles. The lowest BCUT2D eigenvalue weighted by atomic mass is 10.1. The van der Waals surface area contributed by atoms with Crippen LogP contribution < -0.4 is 5.32 Å². The van der Waals surface area contributed by atoms with Gasteiger partial charge in [-0.05, 0) is 52.2 Å². The molecule has 3 heteroatoms. The van der Waals surface area contributed by atoms with E-state index in [0.29, 0.717) is 6.04 Å². The van der Waals surface area contributed by atoms with Crippen LogP contribution in [0.1, 0.15) is 24.9 Å². The van der Waals surface area contributed by atoms with Gasteiger partial charge in [0.25, 0.3) is 0 Å². The lowest BCUT2D eigenvalue weighted by Gasteiger charge is -2.24. The second-order valence-electron chi connectivity index (χ2n) is 3.90. The van der Waals surface area contributed by atoms with Crippen LogP contribution in [0, 0.1) is 0 Å². The van der Waals surface area contributed by atoms with Crippen molar-refractivity contribution in [2.75, 3.05) is 27.2 Å². The zero-order valence-electron chi connectivity index (χ0n) is 9.90. The van der Waals surface area contributed by atoms with E-state index in [4.69, 9.17) is 0 Å². The minimum atomic E-state index is 0.440. The molecule has 1 rings (SSSR count). The second-order valence-corrected chi connectivity index (χ2v) is 3.90. The summed E-state index contributed by atoms with van der Waals surface area (Å²) in [4.78, 5) is 6.50. The van der Waals surface area contributed by atoms with E-state index in [9.17, 15) is 0 Å².